The van der Waals surface area contributed by atoms with Gasteiger partial charge >= 0.3 is 0 Å². The highest BCUT2D eigenvalue weighted by Gasteiger charge is 2.32. The summed E-state index contributed by atoms with van der Waals surface area (Å²) < 4.78 is 5.17. The molecule has 0 aromatic heterocycles. The van der Waals surface area contributed by atoms with Gasteiger partial charge in [-0.2, -0.15) is 0 Å². The van der Waals surface area contributed by atoms with Crippen LogP contribution in [0.25, 0.3) is 0 Å². The Morgan fingerprint density at radius 2 is 2.10 bits per heavy atom. The summed E-state index contributed by atoms with van der Waals surface area (Å²) in [7, 11) is 1.51. The van der Waals surface area contributed by atoms with Crippen molar-refractivity contribution in [2.75, 3.05) is 26.7 Å². The molecule has 2 amide bonds. The molecular weight excluding hydrogens is 282 g/mol. The molecule has 1 unspecified atom stereocenters. The lowest BCUT2D eigenvalue weighted by molar-refractivity contribution is -0.122. The molecular formula is C13H18ClN3O3. The van der Waals surface area contributed by atoms with E-state index in [1.165, 1.54) is 12.0 Å². The molecule has 0 bridgehead atoms. The van der Waals surface area contributed by atoms with Crippen LogP contribution in [-0.4, -0.2) is 49.5 Å². The van der Waals surface area contributed by atoms with Crippen molar-refractivity contribution >= 4 is 24.2 Å². The number of nitrogens with one attached hydrogen (secondary N) is 1. The van der Waals surface area contributed by atoms with Gasteiger partial charge in [0.1, 0.15) is 11.8 Å². The Morgan fingerprint density at radius 3 is 2.75 bits per heavy atom. The Hall–Kier alpha value is -1.79. The van der Waals surface area contributed by atoms with E-state index in [9.17, 15) is 9.59 Å². The van der Waals surface area contributed by atoms with Crippen LogP contribution in [-0.2, 0) is 4.79 Å². The zero-order chi connectivity index (χ0) is 13.8. The van der Waals surface area contributed by atoms with Crippen LogP contribution in [0.4, 0.5) is 0 Å². The molecule has 20 heavy (non-hydrogen) atoms. The minimum absolute atomic E-state index is 0. The molecule has 2 rings (SSSR count). The number of ether oxygens (including phenoxy) is 1. The van der Waals surface area contributed by atoms with E-state index in [0.29, 0.717) is 30.9 Å². The SMILES string of the molecule is COc1ccccc1C(=O)N1CCNCC1C(N)=O.Cl. The number of carbonyl (C=O) groups is 2. The molecule has 0 radical (unpaired) electrons. The summed E-state index contributed by atoms with van der Waals surface area (Å²) in [5.41, 5.74) is 5.78. The summed E-state index contributed by atoms with van der Waals surface area (Å²) in [5.74, 6) is -0.243. The van der Waals surface area contributed by atoms with Gasteiger partial charge in [0, 0.05) is 19.6 Å². The van der Waals surface area contributed by atoms with Crippen LogP contribution in [0.5, 0.6) is 5.75 Å². The fraction of sp³-hybridized carbons (Fsp3) is 0.385. The highest BCUT2D eigenvalue weighted by Crippen LogP contribution is 2.20. The van der Waals surface area contributed by atoms with Crippen LogP contribution < -0.4 is 15.8 Å². The van der Waals surface area contributed by atoms with E-state index in [2.05, 4.69) is 5.32 Å². The number of halogens is 1. The Bertz CT molecular complexity index is 496. The molecule has 0 spiro atoms. The Labute approximate surface area is 123 Å². The van der Waals surface area contributed by atoms with Crippen LogP contribution in [0.3, 0.4) is 0 Å². The number of piperazine rings is 1. The van der Waals surface area contributed by atoms with Gasteiger partial charge in [-0.15, -0.1) is 12.4 Å². The average Bonchev–Trinajstić information content (AvgIpc) is 2.46. The van der Waals surface area contributed by atoms with E-state index in [4.69, 9.17) is 10.5 Å². The Morgan fingerprint density at radius 1 is 1.40 bits per heavy atom. The number of carbonyl (C=O) groups excluding carboxylic acids is 2. The van der Waals surface area contributed by atoms with Crippen molar-refractivity contribution in [3.05, 3.63) is 29.8 Å². The molecule has 1 aromatic carbocycles. The number of methoxy groups -OCH3 is 1. The third-order valence-corrected chi connectivity index (χ3v) is 3.17. The minimum Gasteiger partial charge on any atom is -0.496 e. The second-order valence-electron chi connectivity index (χ2n) is 4.32. The lowest BCUT2D eigenvalue weighted by Gasteiger charge is -2.34. The molecule has 1 aliphatic heterocycles. The fourth-order valence-electron chi connectivity index (χ4n) is 2.18. The monoisotopic (exact) mass is 299 g/mol. The van der Waals surface area contributed by atoms with Gasteiger partial charge in [-0.05, 0) is 12.1 Å². The van der Waals surface area contributed by atoms with E-state index in [1.54, 1.807) is 24.3 Å². The predicted octanol–water partition coefficient (Wildman–Crippen LogP) is 0.0163. The number of benzene rings is 1. The van der Waals surface area contributed by atoms with Crippen LogP contribution in [0.15, 0.2) is 24.3 Å². The summed E-state index contributed by atoms with van der Waals surface area (Å²) in [4.78, 5) is 25.4. The topological polar surface area (TPSA) is 84.7 Å². The van der Waals surface area contributed by atoms with Gasteiger partial charge in [-0.1, -0.05) is 12.1 Å². The highest BCUT2D eigenvalue weighted by molar-refractivity contribution is 5.99. The number of hydrogen-bond donors (Lipinski definition) is 2. The van der Waals surface area contributed by atoms with E-state index in [1.807, 2.05) is 0 Å². The standard InChI is InChI=1S/C13H17N3O3.ClH/c1-19-11-5-3-2-4-9(11)13(18)16-7-6-15-8-10(16)12(14)17;/h2-5,10,15H,6-8H2,1H3,(H2,14,17);1H. The molecule has 1 atom stereocenters. The van der Waals surface area contributed by atoms with Crippen LogP contribution >= 0.6 is 12.4 Å². The van der Waals surface area contributed by atoms with E-state index in [-0.39, 0.29) is 18.3 Å². The summed E-state index contributed by atoms with van der Waals surface area (Å²) in [6, 6.07) is 6.33. The molecule has 6 nitrogen and oxygen atoms in total. The van der Waals surface area contributed by atoms with Crippen LogP contribution in [0.2, 0.25) is 0 Å². The maximum absolute atomic E-state index is 12.5. The van der Waals surface area contributed by atoms with Gasteiger partial charge in [0.15, 0.2) is 0 Å². The number of nitrogens with zero attached hydrogens (tertiary/aromatic N) is 1. The lowest BCUT2D eigenvalue weighted by atomic mass is 10.1. The maximum Gasteiger partial charge on any atom is 0.258 e. The number of primary amides is 1. The normalized spacial score (nSPS) is 18.1. The second-order valence-corrected chi connectivity index (χ2v) is 4.32. The van der Waals surface area contributed by atoms with Gasteiger partial charge in [0.2, 0.25) is 5.91 Å². The molecule has 7 heteroatoms. The summed E-state index contributed by atoms with van der Waals surface area (Å²) in [6.45, 7) is 1.48. The zero-order valence-electron chi connectivity index (χ0n) is 11.2. The Balaban J connectivity index is 0.00000200. The van der Waals surface area contributed by atoms with Crippen molar-refractivity contribution in [2.45, 2.75) is 6.04 Å². The lowest BCUT2D eigenvalue weighted by Crippen LogP contribution is -2.58. The molecule has 1 heterocycles. The van der Waals surface area contributed by atoms with Gasteiger partial charge < -0.3 is 20.7 Å². The maximum atomic E-state index is 12.5. The number of para-hydroxylation sites is 1. The molecule has 0 aliphatic carbocycles. The molecule has 110 valence electrons. The molecule has 1 fully saturated rings. The van der Waals surface area contributed by atoms with Crippen molar-refractivity contribution in [1.29, 1.82) is 0 Å². The van der Waals surface area contributed by atoms with Gasteiger partial charge in [0.05, 0.1) is 12.7 Å². The largest absolute Gasteiger partial charge is 0.496 e. The molecule has 1 saturated heterocycles. The molecule has 1 aromatic rings. The van der Waals surface area contributed by atoms with E-state index in [0.717, 1.165) is 0 Å². The number of hydrogen-bond acceptors (Lipinski definition) is 4. The van der Waals surface area contributed by atoms with Crippen molar-refractivity contribution < 1.29 is 14.3 Å². The van der Waals surface area contributed by atoms with Crippen LogP contribution in [0, 0.1) is 0 Å². The van der Waals surface area contributed by atoms with Crippen molar-refractivity contribution in [2.24, 2.45) is 5.73 Å². The average molecular weight is 300 g/mol. The summed E-state index contributed by atoms with van der Waals surface area (Å²) in [6.07, 6.45) is 0. The quantitative estimate of drug-likeness (QED) is 0.824. The summed E-state index contributed by atoms with van der Waals surface area (Å²) >= 11 is 0. The molecule has 0 saturated carbocycles. The van der Waals surface area contributed by atoms with E-state index >= 15 is 0 Å². The third-order valence-electron chi connectivity index (χ3n) is 3.17. The third kappa shape index (κ3) is 3.20. The second kappa shape index (κ2) is 7.12. The zero-order valence-corrected chi connectivity index (χ0v) is 12.0. The molecule has 3 N–H and O–H groups in total. The number of nitrogens with two attached hydrogens (primary N) is 1. The Kier molecular flexibility index (Phi) is 5.79. The first-order valence-electron chi connectivity index (χ1n) is 6.09. The van der Waals surface area contributed by atoms with Gasteiger partial charge in [-0.25, -0.2) is 0 Å². The van der Waals surface area contributed by atoms with Crippen molar-refractivity contribution in [3.8, 4) is 5.75 Å². The van der Waals surface area contributed by atoms with Gasteiger partial charge in [0.25, 0.3) is 5.91 Å². The van der Waals surface area contributed by atoms with Gasteiger partial charge in [-0.3, -0.25) is 9.59 Å². The molecule has 1 aliphatic rings. The minimum atomic E-state index is -0.619. The first kappa shape index (κ1) is 16.3. The smallest absolute Gasteiger partial charge is 0.258 e. The van der Waals surface area contributed by atoms with Crippen LogP contribution in [0.1, 0.15) is 10.4 Å². The number of rotatable bonds is 3. The first-order chi connectivity index (χ1) is 9.15. The summed E-state index contributed by atoms with van der Waals surface area (Å²) in [5, 5.41) is 3.06. The number of amides is 2. The highest BCUT2D eigenvalue weighted by atomic mass is 35.5. The van der Waals surface area contributed by atoms with Crippen molar-refractivity contribution in [1.82, 2.24) is 10.2 Å². The predicted molar refractivity (Wildman–Crippen MR) is 77.1 cm³/mol. The first-order valence-corrected chi connectivity index (χ1v) is 6.09. The van der Waals surface area contributed by atoms with E-state index < -0.39 is 11.9 Å². The fourth-order valence-corrected chi connectivity index (χ4v) is 2.18. The van der Waals surface area contributed by atoms with Crippen molar-refractivity contribution in [3.63, 3.8) is 0 Å².